The van der Waals surface area contributed by atoms with Crippen molar-refractivity contribution in [1.29, 1.82) is 0 Å². The van der Waals surface area contributed by atoms with E-state index in [-0.39, 0.29) is 0 Å². The Labute approximate surface area is 77.5 Å². The highest BCUT2D eigenvalue weighted by atomic mass is 32.1. The average molecular weight is 175 g/mol. The van der Waals surface area contributed by atoms with Gasteiger partial charge in [0.1, 0.15) is 0 Å². The van der Waals surface area contributed by atoms with Crippen LogP contribution < -0.4 is 0 Å². The van der Waals surface area contributed by atoms with Crippen LogP contribution in [0.25, 0.3) is 0 Å². The van der Waals surface area contributed by atoms with E-state index in [4.69, 9.17) is 0 Å². The predicted octanol–water partition coefficient (Wildman–Crippen LogP) is 3.15. The minimum Gasteiger partial charge on any atom is -0.195 e. The summed E-state index contributed by atoms with van der Waals surface area (Å²) in [7, 11) is 0. The Bertz CT molecular complexity index is 307. The zero-order valence-corrected chi connectivity index (χ0v) is 7.47. The molecule has 0 aliphatic heterocycles. The molecule has 0 bridgehead atoms. The molecule has 0 fully saturated rings. The number of rotatable bonds is 3. The summed E-state index contributed by atoms with van der Waals surface area (Å²) in [5, 5.41) is 2.32. The molecule has 0 spiro atoms. The molecule has 1 rings (SSSR count). The number of allylic oxidation sites excluding steroid dienone is 1. The van der Waals surface area contributed by atoms with Gasteiger partial charge in [-0.1, -0.05) is 18.2 Å². The van der Waals surface area contributed by atoms with Gasteiger partial charge < -0.3 is 0 Å². The summed E-state index contributed by atoms with van der Waals surface area (Å²) in [6.07, 6.45) is 2.76. The molecule has 0 atom stereocenters. The van der Waals surface area contributed by atoms with E-state index in [0.717, 1.165) is 12.1 Å². The summed E-state index contributed by atoms with van der Waals surface area (Å²) in [6, 6.07) is 7.84. The van der Waals surface area contributed by atoms with Crippen molar-refractivity contribution in [2.24, 2.45) is 4.99 Å². The molecule has 0 aromatic heterocycles. The Morgan fingerprint density at radius 1 is 1.42 bits per heavy atom. The average Bonchev–Trinajstić information content (AvgIpc) is 2.09. The quantitative estimate of drug-likeness (QED) is 0.390. The maximum absolute atomic E-state index is 4.49. The molecule has 60 valence electrons. The molecular formula is C10H9NS. The highest BCUT2D eigenvalue weighted by molar-refractivity contribution is 7.78. The van der Waals surface area contributed by atoms with Crippen molar-refractivity contribution < 1.29 is 0 Å². The molecular weight excluding hydrogens is 166 g/mol. The second kappa shape index (κ2) is 4.60. The second-order valence-corrected chi connectivity index (χ2v) is 2.54. The lowest BCUT2D eigenvalue weighted by atomic mass is 10.1. The summed E-state index contributed by atoms with van der Waals surface area (Å²) in [5.41, 5.74) is 2.08. The Balaban J connectivity index is 2.84. The highest BCUT2D eigenvalue weighted by Gasteiger charge is 1.89. The normalized spacial score (nSPS) is 8.67. The fourth-order valence-corrected chi connectivity index (χ4v) is 1.03. The van der Waals surface area contributed by atoms with Gasteiger partial charge in [0.25, 0.3) is 0 Å². The van der Waals surface area contributed by atoms with Crippen molar-refractivity contribution in [3.05, 3.63) is 42.5 Å². The van der Waals surface area contributed by atoms with E-state index >= 15 is 0 Å². The number of isothiocyanates is 1. The monoisotopic (exact) mass is 175 g/mol. The van der Waals surface area contributed by atoms with Gasteiger partial charge in [-0.3, -0.25) is 0 Å². The van der Waals surface area contributed by atoms with Crippen molar-refractivity contribution in [2.75, 3.05) is 0 Å². The largest absolute Gasteiger partial charge is 0.195 e. The van der Waals surface area contributed by atoms with Crippen LogP contribution in [0, 0.1) is 0 Å². The molecule has 0 radical (unpaired) electrons. The molecule has 0 saturated carbocycles. The van der Waals surface area contributed by atoms with Gasteiger partial charge in [0, 0.05) is 0 Å². The Kier molecular flexibility index (Phi) is 3.39. The third kappa shape index (κ3) is 2.42. The Hall–Kier alpha value is -1.24. The second-order valence-electron chi connectivity index (χ2n) is 2.36. The Morgan fingerprint density at radius 3 is 2.58 bits per heavy atom. The van der Waals surface area contributed by atoms with E-state index in [1.807, 2.05) is 30.3 Å². The number of benzene rings is 1. The van der Waals surface area contributed by atoms with Crippen molar-refractivity contribution >= 4 is 23.1 Å². The summed E-state index contributed by atoms with van der Waals surface area (Å²) in [5.74, 6) is 0. The lowest BCUT2D eigenvalue weighted by Crippen LogP contribution is -1.77. The van der Waals surface area contributed by atoms with Crippen LogP contribution in [0.1, 0.15) is 5.56 Å². The number of thiocarbonyl (C=S) groups is 1. The van der Waals surface area contributed by atoms with Gasteiger partial charge in [0.05, 0.1) is 10.8 Å². The van der Waals surface area contributed by atoms with Crippen LogP contribution in [0.2, 0.25) is 0 Å². The van der Waals surface area contributed by atoms with E-state index in [1.54, 1.807) is 0 Å². The van der Waals surface area contributed by atoms with Crippen molar-refractivity contribution in [3.63, 3.8) is 0 Å². The topological polar surface area (TPSA) is 12.4 Å². The number of nitrogens with zero attached hydrogens (tertiary/aromatic N) is 1. The fourth-order valence-electron chi connectivity index (χ4n) is 0.926. The molecule has 2 heteroatoms. The van der Waals surface area contributed by atoms with E-state index in [9.17, 15) is 0 Å². The van der Waals surface area contributed by atoms with E-state index < -0.39 is 0 Å². The molecule has 0 N–H and O–H groups in total. The van der Waals surface area contributed by atoms with Gasteiger partial charge in [-0.05, 0) is 36.3 Å². The third-order valence-corrected chi connectivity index (χ3v) is 1.58. The maximum atomic E-state index is 4.49. The minimum atomic E-state index is 0.845. The number of hydrogen-bond acceptors (Lipinski definition) is 2. The summed E-state index contributed by atoms with van der Waals surface area (Å²) in [6.45, 7) is 3.66. The lowest BCUT2D eigenvalue weighted by Gasteiger charge is -1.95. The summed E-state index contributed by atoms with van der Waals surface area (Å²) >= 11 is 4.49. The number of aliphatic imine (C=N–C) groups is 1. The molecule has 1 nitrogen and oxygen atoms in total. The molecule has 12 heavy (non-hydrogen) atoms. The van der Waals surface area contributed by atoms with E-state index in [2.05, 4.69) is 29.0 Å². The standard InChI is InChI=1S/C10H9NS/c1-2-3-9-4-6-10(7-5-9)11-8-12/h2,4-7H,1,3H2. The lowest BCUT2D eigenvalue weighted by molar-refractivity contribution is 1.27. The molecule has 0 unspecified atom stereocenters. The molecule has 0 saturated heterocycles. The number of hydrogen-bond donors (Lipinski definition) is 0. The van der Waals surface area contributed by atoms with Crippen LogP contribution in [0.5, 0.6) is 0 Å². The molecule has 1 aromatic carbocycles. The zero-order valence-electron chi connectivity index (χ0n) is 6.66. The third-order valence-electron chi connectivity index (χ3n) is 1.49. The van der Waals surface area contributed by atoms with Crippen LogP contribution in [-0.2, 0) is 6.42 Å². The van der Waals surface area contributed by atoms with Gasteiger partial charge in [-0.15, -0.1) is 6.58 Å². The van der Waals surface area contributed by atoms with E-state index in [1.165, 1.54) is 5.56 Å². The Morgan fingerprint density at radius 2 is 2.08 bits per heavy atom. The van der Waals surface area contributed by atoms with Crippen LogP contribution in [-0.4, -0.2) is 5.16 Å². The van der Waals surface area contributed by atoms with Gasteiger partial charge >= 0.3 is 0 Å². The molecule has 0 amide bonds. The summed E-state index contributed by atoms with van der Waals surface area (Å²) in [4.78, 5) is 3.85. The van der Waals surface area contributed by atoms with Crippen LogP contribution in [0.15, 0.2) is 41.9 Å². The first-order valence-electron chi connectivity index (χ1n) is 3.64. The minimum absolute atomic E-state index is 0.845. The molecule has 1 aromatic rings. The van der Waals surface area contributed by atoms with Crippen LogP contribution in [0.4, 0.5) is 5.69 Å². The summed E-state index contributed by atoms with van der Waals surface area (Å²) < 4.78 is 0. The van der Waals surface area contributed by atoms with Gasteiger partial charge in [-0.2, -0.15) is 4.99 Å². The first-order valence-corrected chi connectivity index (χ1v) is 4.05. The van der Waals surface area contributed by atoms with Crippen molar-refractivity contribution in [2.45, 2.75) is 6.42 Å². The maximum Gasteiger partial charge on any atom is 0.0739 e. The van der Waals surface area contributed by atoms with Gasteiger partial charge in [0.15, 0.2) is 0 Å². The SMILES string of the molecule is C=CCc1ccc(N=C=S)cc1. The zero-order chi connectivity index (χ0) is 8.81. The first-order chi connectivity index (χ1) is 5.86. The smallest absolute Gasteiger partial charge is 0.0739 e. The van der Waals surface area contributed by atoms with Crippen molar-refractivity contribution in [1.82, 2.24) is 0 Å². The predicted molar refractivity (Wildman–Crippen MR) is 55.0 cm³/mol. The molecule has 0 aliphatic carbocycles. The molecule has 0 heterocycles. The van der Waals surface area contributed by atoms with E-state index in [0.29, 0.717) is 0 Å². The van der Waals surface area contributed by atoms with Gasteiger partial charge in [-0.25, -0.2) is 0 Å². The van der Waals surface area contributed by atoms with Gasteiger partial charge in [0.2, 0.25) is 0 Å². The molecule has 0 aliphatic rings. The van der Waals surface area contributed by atoms with Crippen LogP contribution in [0.3, 0.4) is 0 Å². The fraction of sp³-hybridized carbons (Fsp3) is 0.100. The first kappa shape index (κ1) is 8.85. The van der Waals surface area contributed by atoms with Crippen LogP contribution >= 0.6 is 12.2 Å². The van der Waals surface area contributed by atoms with Crippen molar-refractivity contribution in [3.8, 4) is 0 Å². The highest BCUT2D eigenvalue weighted by Crippen LogP contribution is 2.12.